The number of fused-ring (bicyclic) bond motifs is 1. The number of carbonyl (C=O) groups excluding carboxylic acids is 1. The van der Waals surface area contributed by atoms with Crippen LogP contribution in [0, 0.1) is 6.92 Å². The lowest BCUT2D eigenvalue weighted by atomic mass is 10.2. The maximum absolute atomic E-state index is 10.3. The highest BCUT2D eigenvalue weighted by molar-refractivity contribution is 5.82. The number of ether oxygens (including phenoxy) is 1. The first-order valence-corrected chi connectivity index (χ1v) is 4.96. The third kappa shape index (κ3) is 1.86. The molecular weight excluding hydrogens is 206 g/mol. The Labute approximate surface area is 93.1 Å². The van der Waals surface area contributed by atoms with Gasteiger partial charge in [0.1, 0.15) is 12.4 Å². The van der Waals surface area contributed by atoms with E-state index >= 15 is 0 Å². The number of carboxylic acid groups (broad SMARTS) is 1. The second-order valence-electron chi connectivity index (χ2n) is 3.73. The summed E-state index contributed by atoms with van der Waals surface area (Å²) in [6.45, 7) is 1.60. The lowest BCUT2D eigenvalue weighted by Crippen LogP contribution is -2.28. The lowest BCUT2D eigenvalue weighted by Gasteiger charge is -2.06. The molecule has 0 bridgehead atoms. The molecule has 1 aromatic heterocycles. The molecule has 0 saturated carbocycles. The molecule has 0 unspecified atom stereocenters. The first-order valence-electron chi connectivity index (χ1n) is 4.96. The van der Waals surface area contributed by atoms with Crippen LogP contribution in [0.2, 0.25) is 0 Å². The Bertz CT molecular complexity index is 542. The van der Waals surface area contributed by atoms with Crippen molar-refractivity contribution in [3.63, 3.8) is 0 Å². The fraction of sp³-hybridized carbons (Fsp3) is 0.250. The zero-order valence-corrected chi connectivity index (χ0v) is 9.19. The van der Waals surface area contributed by atoms with E-state index in [2.05, 4.69) is 4.57 Å². The molecule has 0 fully saturated rings. The summed E-state index contributed by atoms with van der Waals surface area (Å²) >= 11 is 0. The van der Waals surface area contributed by atoms with Crippen molar-refractivity contribution < 1.29 is 14.6 Å². The van der Waals surface area contributed by atoms with E-state index in [4.69, 9.17) is 4.74 Å². The summed E-state index contributed by atoms with van der Waals surface area (Å²) in [5.74, 6) is -0.674. The van der Waals surface area contributed by atoms with Gasteiger partial charge in [-0.25, -0.2) is 0 Å². The summed E-state index contributed by atoms with van der Waals surface area (Å²) in [6, 6.07) is 7.52. The van der Waals surface area contributed by atoms with Crippen LogP contribution in [-0.4, -0.2) is 17.1 Å². The predicted molar refractivity (Wildman–Crippen MR) is 58.2 cm³/mol. The molecule has 4 heteroatoms. The minimum atomic E-state index is -1.22. The molecule has 1 heterocycles. The number of carbonyl (C=O) groups is 1. The molecule has 0 spiro atoms. The third-order valence-corrected chi connectivity index (χ3v) is 2.61. The average Bonchev–Trinajstić information content (AvgIpc) is 2.52. The van der Waals surface area contributed by atoms with Gasteiger partial charge in [-0.3, -0.25) is 0 Å². The molecule has 4 nitrogen and oxygen atoms in total. The fourth-order valence-corrected chi connectivity index (χ4v) is 1.70. The van der Waals surface area contributed by atoms with Crippen molar-refractivity contribution in [3.8, 4) is 5.75 Å². The van der Waals surface area contributed by atoms with E-state index in [9.17, 15) is 9.90 Å². The summed E-state index contributed by atoms with van der Waals surface area (Å²) in [5, 5.41) is 11.3. The number of rotatable bonds is 3. The summed E-state index contributed by atoms with van der Waals surface area (Å²) < 4.78 is 7.12. The van der Waals surface area contributed by atoms with Gasteiger partial charge in [0.2, 0.25) is 0 Å². The van der Waals surface area contributed by atoms with Crippen molar-refractivity contribution in [1.29, 1.82) is 0 Å². The third-order valence-electron chi connectivity index (χ3n) is 2.61. The molecule has 16 heavy (non-hydrogen) atoms. The van der Waals surface area contributed by atoms with Crippen molar-refractivity contribution in [1.82, 2.24) is 4.57 Å². The smallest absolute Gasteiger partial charge is 0.128 e. The van der Waals surface area contributed by atoms with Gasteiger partial charge < -0.3 is 19.2 Å². The molecule has 1 aromatic carbocycles. The van der Waals surface area contributed by atoms with Crippen LogP contribution in [0.3, 0.4) is 0 Å². The molecule has 0 aliphatic carbocycles. The van der Waals surface area contributed by atoms with Crippen LogP contribution in [-0.2, 0) is 11.8 Å². The van der Waals surface area contributed by atoms with Gasteiger partial charge in [-0.2, -0.15) is 0 Å². The molecule has 0 saturated heterocycles. The first kappa shape index (κ1) is 10.5. The van der Waals surface area contributed by atoms with E-state index in [0.29, 0.717) is 5.75 Å². The minimum absolute atomic E-state index is 0.419. The molecule has 84 valence electrons. The molecule has 0 radical (unpaired) electrons. The standard InChI is InChI=1S/C12H13NO3/c1-8-5-9-6-10(16-7-12(14)15)3-4-11(9)13(8)2/h3-6H,7H2,1-2H3,(H,14,15)/p-1. The van der Waals surface area contributed by atoms with Crippen LogP contribution < -0.4 is 9.84 Å². The van der Waals surface area contributed by atoms with Crippen LogP contribution in [0.4, 0.5) is 0 Å². The Hall–Kier alpha value is -1.97. The Balaban J connectivity index is 2.33. The zero-order chi connectivity index (χ0) is 11.7. The summed E-state index contributed by atoms with van der Waals surface area (Å²) in [6.07, 6.45) is 0. The van der Waals surface area contributed by atoms with Gasteiger partial charge in [0, 0.05) is 23.6 Å². The average molecular weight is 218 g/mol. The summed E-state index contributed by atoms with van der Waals surface area (Å²) in [7, 11) is 1.99. The minimum Gasteiger partial charge on any atom is -0.546 e. The second-order valence-corrected chi connectivity index (χ2v) is 3.73. The van der Waals surface area contributed by atoms with Gasteiger partial charge in [0.15, 0.2) is 0 Å². The maximum atomic E-state index is 10.3. The van der Waals surface area contributed by atoms with E-state index in [1.807, 2.05) is 32.2 Å². The largest absolute Gasteiger partial charge is 0.546 e. The zero-order valence-electron chi connectivity index (χ0n) is 9.19. The summed E-state index contributed by atoms with van der Waals surface area (Å²) in [5.41, 5.74) is 2.24. The fourth-order valence-electron chi connectivity index (χ4n) is 1.70. The number of aromatic nitrogens is 1. The lowest BCUT2D eigenvalue weighted by molar-refractivity contribution is -0.307. The first-order chi connectivity index (χ1) is 7.58. The molecule has 0 atom stereocenters. The van der Waals surface area contributed by atoms with Crippen molar-refractivity contribution in [3.05, 3.63) is 30.0 Å². The Kier molecular flexibility index (Phi) is 2.56. The number of aryl methyl sites for hydroxylation is 2. The normalized spacial score (nSPS) is 10.6. The molecular formula is C12H12NO3-. The molecule has 0 N–H and O–H groups in total. The number of hydrogen-bond donors (Lipinski definition) is 0. The van der Waals surface area contributed by atoms with Gasteiger partial charge in [-0.1, -0.05) is 0 Å². The molecule has 0 amide bonds. The van der Waals surface area contributed by atoms with Gasteiger partial charge in [-0.05, 0) is 31.2 Å². The number of benzene rings is 1. The van der Waals surface area contributed by atoms with Crippen LogP contribution in [0.1, 0.15) is 5.69 Å². The molecule has 2 rings (SSSR count). The van der Waals surface area contributed by atoms with Crippen molar-refractivity contribution in [2.75, 3.05) is 6.61 Å². The quantitative estimate of drug-likeness (QED) is 0.758. The van der Waals surface area contributed by atoms with E-state index in [1.165, 1.54) is 0 Å². The number of carboxylic acids is 1. The topological polar surface area (TPSA) is 54.3 Å². The van der Waals surface area contributed by atoms with Gasteiger partial charge in [0.05, 0.1) is 5.97 Å². The molecule has 0 aliphatic rings. The number of nitrogens with zero attached hydrogens (tertiary/aromatic N) is 1. The Morgan fingerprint density at radius 1 is 1.44 bits per heavy atom. The Morgan fingerprint density at radius 2 is 2.19 bits per heavy atom. The maximum Gasteiger partial charge on any atom is 0.128 e. The highest BCUT2D eigenvalue weighted by atomic mass is 16.5. The van der Waals surface area contributed by atoms with Crippen LogP contribution in [0.5, 0.6) is 5.75 Å². The highest BCUT2D eigenvalue weighted by Crippen LogP contribution is 2.23. The molecule has 2 aromatic rings. The SMILES string of the molecule is Cc1cc2cc(OCC(=O)[O-])ccc2n1C. The van der Waals surface area contributed by atoms with E-state index in [1.54, 1.807) is 6.07 Å². The second kappa shape index (κ2) is 3.89. The van der Waals surface area contributed by atoms with Gasteiger partial charge in [0.25, 0.3) is 0 Å². The highest BCUT2D eigenvalue weighted by Gasteiger charge is 2.03. The van der Waals surface area contributed by atoms with Crippen LogP contribution in [0.15, 0.2) is 24.3 Å². The summed E-state index contributed by atoms with van der Waals surface area (Å²) in [4.78, 5) is 10.3. The monoisotopic (exact) mass is 218 g/mol. The van der Waals surface area contributed by atoms with Crippen molar-refractivity contribution >= 4 is 16.9 Å². The van der Waals surface area contributed by atoms with Crippen molar-refractivity contribution in [2.24, 2.45) is 7.05 Å². The van der Waals surface area contributed by atoms with Gasteiger partial charge >= 0.3 is 0 Å². The predicted octanol–water partition coefficient (Wildman–Crippen LogP) is 0.615. The molecule has 0 aliphatic heterocycles. The van der Waals surface area contributed by atoms with Crippen LogP contribution in [0.25, 0.3) is 10.9 Å². The number of aliphatic carboxylic acids is 1. The van der Waals surface area contributed by atoms with E-state index in [-0.39, 0.29) is 0 Å². The van der Waals surface area contributed by atoms with Crippen LogP contribution >= 0.6 is 0 Å². The van der Waals surface area contributed by atoms with E-state index < -0.39 is 12.6 Å². The Morgan fingerprint density at radius 3 is 2.88 bits per heavy atom. The van der Waals surface area contributed by atoms with Crippen molar-refractivity contribution in [2.45, 2.75) is 6.92 Å². The number of hydrogen-bond acceptors (Lipinski definition) is 3. The van der Waals surface area contributed by atoms with E-state index in [0.717, 1.165) is 16.6 Å². The van der Waals surface area contributed by atoms with Gasteiger partial charge in [-0.15, -0.1) is 0 Å².